The van der Waals surface area contributed by atoms with E-state index < -0.39 is 0 Å². The molecule has 2 rings (SSSR count). The molecule has 2 atom stereocenters. The van der Waals surface area contributed by atoms with Gasteiger partial charge in [-0.15, -0.1) is 0 Å². The van der Waals surface area contributed by atoms with Crippen LogP contribution in [0.3, 0.4) is 0 Å². The average molecular weight is 182 g/mol. The minimum atomic E-state index is 0.853. The molecule has 2 N–H and O–H groups in total. The molecular formula is C11H22N2. The highest BCUT2D eigenvalue weighted by Crippen LogP contribution is 2.34. The second-order valence-electron chi connectivity index (χ2n) is 4.80. The first-order valence-corrected chi connectivity index (χ1v) is 5.81. The summed E-state index contributed by atoms with van der Waals surface area (Å²) in [5, 5.41) is 0. The summed E-state index contributed by atoms with van der Waals surface area (Å²) in [7, 11) is 0. The lowest BCUT2D eigenvalue weighted by molar-refractivity contribution is 0.0859. The number of rotatable bonds is 3. The molecule has 0 amide bonds. The van der Waals surface area contributed by atoms with E-state index >= 15 is 0 Å². The van der Waals surface area contributed by atoms with Crippen molar-refractivity contribution in [1.82, 2.24) is 4.90 Å². The SMILES string of the molecule is NCCCN1C[C@@H]2CCC[C@H](C2)C1. The van der Waals surface area contributed by atoms with Crippen molar-refractivity contribution in [3.05, 3.63) is 0 Å². The standard InChI is InChI=1S/C11H22N2/c12-5-2-6-13-8-10-3-1-4-11(7-10)9-13/h10-11H,1-9,12H2/t10-,11-/m1/s1. The van der Waals surface area contributed by atoms with Gasteiger partial charge in [0, 0.05) is 13.1 Å². The van der Waals surface area contributed by atoms with Gasteiger partial charge in [0.2, 0.25) is 0 Å². The summed E-state index contributed by atoms with van der Waals surface area (Å²) >= 11 is 0. The molecule has 2 bridgehead atoms. The smallest absolute Gasteiger partial charge is 0.000989 e. The zero-order chi connectivity index (χ0) is 9.10. The number of piperidine rings is 1. The molecule has 2 aliphatic rings. The summed E-state index contributed by atoms with van der Waals surface area (Å²) in [5.41, 5.74) is 5.53. The van der Waals surface area contributed by atoms with Crippen LogP contribution in [0.5, 0.6) is 0 Å². The van der Waals surface area contributed by atoms with Gasteiger partial charge in [-0.2, -0.15) is 0 Å². The Morgan fingerprint density at radius 1 is 1.15 bits per heavy atom. The second kappa shape index (κ2) is 4.43. The highest BCUT2D eigenvalue weighted by Gasteiger charge is 2.29. The molecule has 76 valence electrons. The van der Waals surface area contributed by atoms with Gasteiger partial charge in [-0.25, -0.2) is 0 Å². The Morgan fingerprint density at radius 2 is 1.85 bits per heavy atom. The molecule has 13 heavy (non-hydrogen) atoms. The van der Waals surface area contributed by atoms with Gasteiger partial charge >= 0.3 is 0 Å². The predicted molar refractivity (Wildman–Crippen MR) is 55.6 cm³/mol. The Labute approximate surface area is 81.5 Å². The third-order valence-electron chi connectivity index (χ3n) is 3.60. The molecule has 0 unspecified atom stereocenters. The van der Waals surface area contributed by atoms with Gasteiger partial charge in [-0.3, -0.25) is 0 Å². The lowest BCUT2D eigenvalue weighted by Gasteiger charge is -2.41. The number of fused-ring (bicyclic) bond motifs is 2. The van der Waals surface area contributed by atoms with E-state index in [0.717, 1.165) is 18.4 Å². The van der Waals surface area contributed by atoms with Crippen molar-refractivity contribution < 1.29 is 0 Å². The first-order chi connectivity index (χ1) is 6.38. The van der Waals surface area contributed by atoms with E-state index in [1.807, 2.05) is 0 Å². The number of hydrogen-bond donors (Lipinski definition) is 1. The molecule has 1 saturated heterocycles. The fourth-order valence-corrected chi connectivity index (χ4v) is 3.04. The van der Waals surface area contributed by atoms with Crippen molar-refractivity contribution in [3.63, 3.8) is 0 Å². The van der Waals surface area contributed by atoms with Crippen LogP contribution < -0.4 is 5.73 Å². The zero-order valence-corrected chi connectivity index (χ0v) is 8.54. The molecule has 0 aromatic heterocycles. The Hall–Kier alpha value is -0.0800. The van der Waals surface area contributed by atoms with Crippen LogP contribution in [0.4, 0.5) is 0 Å². The molecule has 1 heterocycles. The summed E-state index contributed by atoms with van der Waals surface area (Å²) in [6.07, 6.45) is 7.14. The monoisotopic (exact) mass is 182 g/mol. The van der Waals surface area contributed by atoms with E-state index in [4.69, 9.17) is 5.73 Å². The molecular weight excluding hydrogens is 160 g/mol. The molecule has 0 aromatic carbocycles. The second-order valence-corrected chi connectivity index (χ2v) is 4.80. The molecule has 0 spiro atoms. The topological polar surface area (TPSA) is 29.3 Å². The quantitative estimate of drug-likeness (QED) is 0.716. The van der Waals surface area contributed by atoms with E-state index in [9.17, 15) is 0 Å². The van der Waals surface area contributed by atoms with Crippen LogP contribution in [-0.2, 0) is 0 Å². The van der Waals surface area contributed by atoms with Crippen molar-refractivity contribution in [3.8, 4) is 0 Å². The van der Waals surface area contributed by atoms with Crippen LogP contribution in [0.2, 0.25) is 0 Å². The first kappa shape index (κ1) is 9.47. The van der Waals surface area contributed by atoms with Crippen LogP contribution >= 0.6 is 0 Å². The van der Waals surface area contributed by atoms with E-state index in [0.29, 0.717) is 0 Å². The zero-order valence-electron chi connectivity index (χ0n) is 8.54. The number of nitrogens with two attached hydrogens (primary N) is 1. The third-order valence-corrected chi connectivity index (χ3v) is 3.60. The van der Waals surface area contributed by atoms with Gasteiger partial charge in [0.1, 0.15) is 0 Å². The Morgan fingerprint density at radius 3 is 2.46 bits per heavy atom. The number of nitrogens with zero attached hydrogens (tertiary/aromatic N) is 1. The summed E-state index contributed by atoms with van der Waals surface area (Å²) in [6.45, 7) is 4.81. The maximum Gasteiger partial charge on any atom is 0.000989 e. The minimum Gasteiger partial charge on any atom is -0.330 e. The fraction of sp³-hybridized carbons (Fsp3) is 1.00. The molecule has 2 fully saturated rings. The van der Waals surface area contributed by atoms with Crippen molar-refractivity contribution >= 4 is 0 Å². The van der Waals surface area contributed by atoms with Gasteiger partial charge in [-0.1, -0.05) is 6.42 Å². The van der Waals surface area contributed by atoms with Crippen LogP contribution in [-0.4, -0.2) is 31.1 Å². The normalized spacial score (nSPS) is 34.8. The van der Waals surface area contributed by atoms with Gasteiger partial charge < -0.3 is 10.6 Å². The Bertz CT molecular complexity index is 146. The molecule has 2 heteroatoms. The van der Waals surface area contributed by atoms with E-state index in [-0.39, 0.29) is 0 Å². The first-order valence-electron chi connectivity index (χ1n) is 5.81. The number of hydrogen-bond acceptors (Lipinski definition) is 2. The lowest BCUT2D eigenvalue weighted by Crippen LogP contribution is -2.43. The highest BCUT2D eigenvalue weighted by molar-refractivity contribution is 4.83. The maximum atomic E-state index is 5.53. The summed E-state index contributed by atoms with van der Waals surface area (Å²) in [4.78, 5) is 2.64. The van der Waals surface area contributed by atoms with Crippen LogP contribution in [0.15, 0.2) is 0 Å². The Balaban J connectivity index is 1.80. The van der Waals surface area contributed by atoms with Crippen molar-refractivity contribution in [2.75, 3.05) is 26.2 Å². The maximum absolute atomic E-state index is 5.53. The predicted octanol–water partition coefficient (Wildman–Crippen LogP) is 1.46. The van der Waals surface area contributed by atoms with Gasteiger partial charge in [-0.05, 0) is 50.6 Å². The van der Waals surface area contributed by atoms with Crippen molar-refractivity contribution in [2.24, 2.45) is 17.6 Å². The van der Waals surface area contributed by atoms with Crippen LogP contribution in [0.25, 0.3) is 0 Å². The Kier molecular flexibility index (Phi) is 3.23. The number of likely N-dealkylation sites (tertiary alicyclic amines) is 1. The van der Waals surface area contributed by atoms with E-state index in [2.05, 4.69) is 4.90 Å². The molecule has 0 aromatic rings. The van der Waals surface area contributed by atoms with Crippen molar-refractivity contribution in [1.29, 1.82) is 0 Å². The molecule has 1 aliphatic heterocycles. The largest absolute Gasteiger partial charge is 0.330 e. The van der Waals surface area contributed by atoms with E-state index in [1.165, 1.54) is 51.7 Å². The molecule has 1 saturated carbocycles. The summed E-state index contributed by atoms with van der Waals surface area (Å²) in [5.74, 6) is 2.04. The highest BCUT2D eigenvalue weighted by atomic mass is 15.1. The molecule has 0 radical (unpaired) electrons. The summed E-state index contributed by atoms with van der Waals surface area (Å²) in [6, 6.07) is 0. The van der Waals surface area contributed by atoms with Gasteiger partial charge in [0.25, 0.3) is 0 Å². The summed E-state index contributed by atoms with van der Waals surface area (Å²) < 4.78 is 0. The average Bonchev–Trinajstić information content (AvgIpc) is 2.14. The van der Waals surface area contributed by atoms with Crippen LogP contribution in [0, 0.1) is 11.8 Å². The molecule has 2 nitrogen and oxygen atoms in total. The van der Waals surface area contributed by atoms with Crippen LogP contribution in [0.1, 0.15) is 32.1 Å². The van der Waals surface area contributed by atoms with Gasteiger partial charge in [0.05, 0.1) is 0 Å². The van der Waals surface area contributed by atoms with Crippen molar-refractivity contribution in [2.45, 2.75) is 32.1 Å². The lowest BCUT2D eigenvalue weighted by atomic mass is 9.78. The fourth-order valence-electron chi connectivity index (χ4n) is 3.04. The third kappa shape index (κ3) is 2.44. The minimum absolute atomic E-state index is 0.853. The van der Waals surface area contributed by atoms with E-state index in [1.54, 1.807) is 0 Å². The molecule has 1 aliphatic carbocycles. The van der Waals surface area contributed by atoms with Gasteiger partial charge in [0.15, 0.2) is 0 Å².